The summed E-state index contributed by atoms with van der Waals surface area (Å²) < 4.78 is 4.91. The number of nitrogens with zero attached hydrogens (tertiary/aromatic N) is 3. The SMILES string of the molecule is COCCN=C(N)Nc1nc(-c2cccc(CNC(C)=O)n2)cs1. The fourth-order valence-electron chi connectivity index (χ4n) is 1.79. The second kappa shape index (κ2) is 8.94. The van der Waals surface area contributed by atoms with Crippen molar-refractivity contribution in [3.63, 3.8) is 0 Å². The predicted molar refractivity (Wildman–Crippen MR) is 94.9 cm³/mol. The summed E-state index contributed by atoms with van der Waals surface area (Å²) in [6.07, 6.45) is 0. The Labute approximate surface area is 144 Å². The third kappa shape index (κ3) is 5.60. The van der Waals surface area contributed by atoms with Gasteiger partial charge in [0.2, 0.25) is 5.91 Å². The minimum atomic E-state index is -0.0921. The molecular formula is C15H20N6O2S. The lowest BCUT2D eigenvalue weighted by atomic mass is 10.2. The number of guanidine groups is 1. The van der Waals surface area contributed by atoms with Crippen LogP contribution in [0.4, 0.5) is 5.13 Å². The van der Waals surface area contributed by atoms with E-state index in [-0.39, 0.29) is 5.91 Å². The highest BCUT2D eigenvalue weighted by Crippen LogP contribution is 2.23. The topological polar surface area (TPSA) is 115 Å². The van der Waals surface area contributed by atoms with Crippen LogP contribution in [0.3, 0.4) is 0 Å². The molecule has 0 bridgehead atoms. The van der Waals surface area contributed by atoms with Gasteiger partial charge in [-0.25, -0.2) is 9.97 Å². The van der Waals surface area contributed by atoms with Gasteiger partial charge in [-0.2, -0.15) is 0 Å². The maximum absolute atomic E-state index is 11.0. The van der Waals surface area contributed by atoms with E-state index < -0.39 is 0 Å². The number of pyridine rings is 1. The number of aliphatic imine (C=N–C) groups is 1. The number of carbonyl (C=O) groups is 1. The highest BCUT2D eigenvalue weighted by molar-refractivity contribution is 7.14. The third-order valence-corrected chi connectivity index (χ3v) is 3.66. The molecule has 0 saturated carbocycles. The van der Waals surface area contributed by atoms with Crippen molar-refractivity contribution in [2.75, 3.05) is 25.6 Å². The quantitative estimate of drug-likeness (QED) is 0.394. The number of rotatable bonds is 7. The molecule has 0 unspecified atom stereocenters. The fourth-order valence-corrected chi connectivity index (χ4v) is 2.50. The minimum Gasteiger partial charge on any atom is -0.383 e. The highest BCUT2D eigenvalue weighted by Gasteiger charge is 2.07. The van der Waals surface area contributed by atoms with Crippen molar-refractivity contribution < 1.29 is 9.53 Å². The summed E-state index contributed by atoms with van der Waals surface area (Å²) in [6.45, 7) is 2.86. The lowest BCUT2D eigenvalue weighted by Gasteiger charge is -2.03. The molecular weight excluding hydrogens is 328 g/mol. The summed E-state index contributed by atoms with van der Waals surface area (Å²) in [7, 11) is 1.61. The molecule has 0 spiro atoms. The van der Waals surface area contributed by atoms with E-state index in [2.05, 4.69) is 25.6 Å². The monoisotopic (exact) mass is 348 g/mol. The maximum atomic E-state index is 11.0. The van der Waals surface area contributed by atoms with Crippen molar-refractivity contribution in [2.24, 2.45) is 10.7 Å². The first-order valence-electron chi connectivity index (χ1n) is 7.30. The van der Waals surface area contributed by atoms with Crippen LogP contribution in [-0.4, -0.2) is 42.1 Å². The second-order valence-electron chi connectivity index (χ2n) is 4.85. The van der Waals surface area contributed by atoms with E-state index in [0.717, 1.165) is 17.1 Å². The number of thiazole rings is 1. The largest absolute Gasteiger partial charge is 0.383 e. The average Bonchev–Trinajstić information content (AvgIpc) is 3.02. The number of nitrogens with two attached hydrogens (primary N) is 1. The molecule has 0 radical (unpaired) electrons. The first-order chi connectivity index (χ1) is 11.6. The van der Waals surface area contributed by atoms with Crippen LogP contribution in [0.5, 0.6) is 0 Å². The molecule has 9 heteroatoms. The standard InChI is InChI=1S/C15H20N6O2S/c1-10(22)18-8-11-4-3-5-12(19-11)13-9-24-15(20-13)21-14(16)17-6-7-23-2/h3-5,9H,6-8H2,1-2H3,(H,18,22)(H3,16,17,20,21). The first kappa shape index (κ1) is 17.8. The van der Waals surface area contributed by atoms with E-state index in [9.17, 15) is 4.79 Å². The molecule has 0 aromatic carbocycles. The van der Waals surface area contributed by atoms with E-state index >= 15 is 0 Å². The first-order valence-corrected chi connectivity index (χ1v) is 8.18. The highest BCUT2D eigenvalue weighted by atomic mass is 32.1. The van der Waals surface area contributed by atoms with E-state index in [4.69, 9.17) is 10.5 Å². The van der Waals surface area contributed by atoms with E-state index in [1.807, 2.05) is 23.6 Å². The molecule has 0 fully saturated rings. The molecule has 0 atom stereocenters. The summed E-state index contributed by atoms with van der Waals surface area (Å²) in [5, 5.41) is 8.18. The molecule has 0 saturated heterocycles. The molecule has 0 aliphatic heterocycles. The molecule has 8 nitrogen and oxygen atoms in total. The molecule has 0 aliphatic carbocycles. The summed E-state index contributed by atoms with van der Waals surface area (Å²) in [5.74, 6) is 0.200. The Balaban J connectivity index is 2.03. The van der Waals surface area contributed by atoms with Crippen molar-refractivity contribution in [2.45, 2.75) is 13.5 Å². The van der Waals surface area contributed by atoms with Crippen LogP contribution in [0.1, 0.15) is 12.6 Å². The molecule has 2 heterocycles. The Morgan fingerprint density at radius 2 is 2.21 bits per heavy atom. The zero-order valence-corrected chi connectivity index (χ0v) is 14.4. The Kier molecular flexibility index (Phi) is 6.64. The summed E-state index contributed by atoms with van der Waals surface area (Å²) >= 11 is 1.41. The lowest BCUT2D eigenvalue weighted by Crippen LogP contribution is -2.23. The van der Waals surface area contributed by atoms with Crippen LogP contribution in [0, 0.1) is 0 Å². The molecule has 128 valence electrons. The lowest BCUT2D eigenvalue weighted by molar-refractivity contribution is -0.119. The van der Waals surface area contributed by atoms with Gasteiger partial charge < -0.3 is 21.1 Å². The van der Waals surface area contributed by atoms with Gasteiger partial charge in [0, 0.05) is 19.4 Å². The second-order valence-corrected chi connectivity index (χ2v) is 5.70. The van der Waals surface area contributed by atoms with Gasteiger partial charge in [-0.05, 0) is 12.1 Å². The number of anilines is 1. The van der Waals surface area contributed by atoms with Crippen molar-refractivity contribution in [1.29, 1.82) is 0 Å². The summed E-state index contributed by atoms with van der Waals surface area (Å²) in [6, 6.07) is 5.60. The third-order valence-electron chi connectivity index (χ3n) is 2.90. The van der Waals surface area contributed by atoms with Crippen LogP contribution in [-0.2, 0) is 16.1 Å². The van der Waals surface area contributed by atoms with Gasteiger partial charge in [0.15, 0.2) is 11.1 Å². The van der Waals surface area contributed by atoms with Crippen molar-refractivity contribution in [1.82, 2.24) is 15.3 Å². The van der Waals surface area contributed by atoms with Gasteiger partial charge in [0.25, 0.3) is 0 Å². The molecule has 2 rings (SSSR count). The molecule has 2 aromatic rings. The van der Waals surface area contributed by atoms with Gasteiger partial charge >= 0.3 is 0 Å². The smallest absolute Gasteiger partial charge is 0.217 e. The molecule has 4 N–H and O–H groups in total. The Morgan fingerprint density at radius 1 is 1.38 bits per heavy atom. The number of ether oxygens (including phenoxy) is 1. The number of hydrogen-bond donors (Lipinski definition) is 3. The van der Waals surface area contributed by atoms with Gasteiger partial charge in [-0.3, -0.25) is 9.79 Å². The zero-order valence-electron chi connectivity index (χ0n) is 13.6. The molecule has 24 heavy (non-hydrogen) atoms. The Hall–Kier alpha value is -2.52. The zero-order chi connectivity index (χ0) is 17.4. The molecule has 2 aromatic heterocycles. The number of hydrogen-bond acceptors (Lipinski definition) is 6. The normalized spacial score (nSPS) is 11.3. The number of amides is 1. The minimum absolute atomic E-state index is 0.0921. The number of methoxy groups -OCH3 is 1. The van der Waals surface area contributed by atoms with Crippen molar-refractivity contribution in [3.8, 4) is 11.4 Å². The van der Waals surface area contributed by atoms with E-state index in [1.54, 1.807) is 7.11 Å². The maximum Gasteiger partial charge on any atom is 0.217 e. The van der Waals surface area contributed by atoms with Crippen LogP contribution >= 0.6 is 11.3 Å². The van der Waals surface area contributed by atoms with Crippen LogP contribution in [0.25, 0.3) is 11.4 Å². The average molecular weight is 348 g/mol. The number of aromatic nitrogens is 2. The van der Waals surface area contributed by atoms with Crippen LogP contribution < -0.4 is 16.4 Å². The van der Waals surface area contributed by atoms with Crippen LogP contribution in [0.2, 0.25) is 0 Å². The molecule has 1 amide bonds. The molecule has 0 aliphatic rings. The number of nitrogens with one attached hydrogen (secondary N) is 2. The van der Waals surface area contributed by atoms with Gasteiger partial charge in [0.05, 0.1) is 31.1 Å². The summed E-state index contributed by atoms with van der Waals surface area (Å²) in [5.41, 5.74) is 8.02. The predicted octanol–water partition coefficient (Wildman–Crippen LogP) is 1.21. The van der Waals surface area contributed by atoms with Gasteiger partial charge in [-0.15, -0.1) is 11.3 Å². The van der Waals surface area contributed by atoms with Gasteiger partial charge in [0.1, 0.15) is 5.69 Å². The fraction of sp³-hybridized carbons (Fsp3) is 0.333. The Bertz CT molecular complexity index is 715. The van der Waals surface area contributed by atoms with E-state index in [1.165, 1.54) is 18.3 Å². The summed E-state index contributed by atoms with van der Waals surface area (Å²) in [4.78, 5) is 24.0. The van der Waals surface area contributed by atoms with Crippen LogP contribution in [0.15, 0.2) is 28.6 Å². The van der Waals surface area contributed by atoms with E-state index in [0.29, 0.717) is 30.8 Å². The Morgan fingerprint density at radius 3 is 2.96 bits per heavy atom. The van der Waals surface area contributed by atoms with Crippen molar-refractivity contribution >= 4 is 28.3 Å². The van der Waals surface area contributed by atoms with Crippen molar-refractivity contribution in [3.05, 3.63) is 29.3 Å². The number of carbonyl (C=O) groups excluding carboxylic acids is 1. The van der Waals surface area contributed by atoms with Gasteiger partial charge in [-0.1, -0.05) is 6.07 Å².